The summed E-state index contributed by atoms with van der Waals surface area (Å²) in [6.45, 7) is 5.70. The summed E-state index contributed by atoms with van der Waals surface area (Å²) in [5, 5.41) is 11.0. The van der Waals surface area contributed by atoms with Crippen molar-refractivity contribution in [3.63, 3.8) is 0 Å². The highest BCUT2D eigenvalue weighted by Gasteiger charge is 2.05. The number of carbonyl (C=O) groups is 2. The summed E-state index contributed by atoms with van der Waals surface area (Å²) < 4.78 is 5.53. The second-order valence-electron chi connectivity index (χ2n) is 4.30. The fraction of sp³-hybridized carbons (Fsp3) is 0.286. The molecule has 5 nitrogen and oxygen atoms in total. The Labute approximate surface area is 111 Å². The van der Waals surface area contributed by atoms with Crippen LogP contribution in [-0.2, 0) is 9.59 Å². The number of amides is 1. The maximum atomic E-state index is 11.4. The lowest BCUT2D eigenvalue weighted by molar-refractivity contribution is -0.131. The summed E-state index contributed by atoms with van der Waals surface area (Å²) in [4.78, 5) is 21.7. The normalized spacial score (nSPS) is 10.7. The van der Waals surface area contributed by atoms with Crippen LogP contribution in [0.1, 0.15) is 19.4 Å². The van der Waals surface area contributed by atoms with Crippen LogP contribution in [-0.4, -0.2) is 23.1 Å². The van der Waals surface area contributed by atoms with Gasteiger partial charge in [-0.2, -0.15) is 0 Å². The van der Waals surface area contributed by atoms with Gasteiger partial charge in [-0.15, -0.1) is 0 Å². The van der Waals surface area contributed by atoms with Crippen molar-refractivity contribution in [1.29, 1.82) is 0 Å². The number of benzene rings is 1. The van der Waals surface area contributed by atoms with Crippen molar-refractivity contribution in [2.24, 2.45) is 0 Å². The molecule has 102 valence electrons. The van der Waals surface area contributed by atoms with Gasteiger partial charge in [0.1, 0.15) is 5.75 Å². The number of ether oxygens (including phenoxy) is 1. The van der Waals surface area contributed by atoms with Gasteiger partial charge in [0.25, 0.3) is 0 Å². The Kier molecular flexibility index (Phi) is 5.11. The fourth-order valence-electron chi connectivity index (χ4n) is 1.44. The molecule has 0 fully saturated rings. The van der Waals surface area contributed by atoms with Gasteiger partial charge in [-0.05, 0) is 44.5 Å². The molecule has 0 radical (unpaired) electrons. The van der Waals surface area contributed by atoms with E-state index in [2.05, 4.69) is 5.32 Å². The minimum absolute atomic E-state index is 0.0818. The summed E-state index contributed by atoms with van der Waals surface area (Å²) in [6, 6.07) is 5.29. The number of carbonyl (C=O) groups excluding carboxylic acids is 1. The van der Waals surface area contributed by atoms with E-state index in [1.807, 2.05) is 26.8 Å². The number of anilines is 1. The third-order valence-corrected chi connectivity index (χ3v) is 2.20. The van der Waals surface area contributed by atoms with E-state index in [0.717, 1.165) is 23.5 Å². The number of carboxylic acids is 1. The molecule has 0 bridgehead atoms. The zero-order valence-electron chi connectivity index (χ0n) is 11.1. The molecule has 1 rings (SSSR count). The van der Waals surface area contributed by atoms with Crippen LogP contribution < -0.4 is 10.1 Å². The van der Waals surface area contributed by atoms with E-state index in [9.17, 15) is 9.59 Å². The van der Waals surface area contributed by atoms with Gasteiger partial charge in [-0.3, -0.25) is 4.79 Å². The second-order valence-corrected chi connectivity index (χ2v) is 4.30. The second kappa shape index (κ2) is 6.58. The molecule has 5 heteroatoms. The molecule has 0 aliphatic carbocycles. The fourth-order valence-corrected chi connectivity index (χ4v) is 1.44. The van der Waals surface area contributed by atoms with Crippen molar-refractivity contribution in [3.8, 4) is 5.75 Å². The van der Waals surface area contributed by atoms with Gasteiger partial charge in [0.15, 0.2) is 0 Å². The predicted molar refractivity (Wildman–Crippen MR) is 72.3 cm³/mol. The third kappa shape index (κ3) is 5.25. The van der Waals surface area contributed by atoms with Crippen molar-refractivity contribution in [2.75, 3.05) is 5.32 Å². The zero-order valence-corrected chi connectivity index (χ0v) is 11.1. The van der Waals surface area contributed by atoms with E-state index in [1.54, 1.807) is 12.1 Å². The maximum absolute atomic E-state index is 11.4. The van der Waals surface area contributed by atoms with Crippen LogP contribution in [0, 0.1) is 6.92 Å². The first-order valence-corrected chi connectivity index (χ1v) is 5.88. The Hall–Kier alpha value is -2.30. The topological polar surface area (TPSA) is 75.6 Å². The molecule has 0 heterocycles. The van der Waals surface area contributed by atoms with E-state index < -0.39 is 11.9 Å². The van der Waals surface area contributed by atoms with E-state index in [-0.39, 0.29) is 6.10 Å². The number of carboxylic acid groups (broad SMARTS) is 1. The maximum Gasteiger partial charge on any atom is 0.328 e. The average Bonchev–Trinajstić information content (AvgIpc) is 2.29. The number of nitrogens with one attached hydrogen (secondary N) is 1. The number of aryl methyl sites for hydroxylation is 1. The Balaban J connectivity index is 2.74. The monoisotopic (exact) mass is 263 g/mol. The Bertz CT molecular complexity index is 506. The minimum Gasteiger partial charge on any atom is -0.491 e. The largest absolute Gasteiger partial charge is 0.491 e. The molecular formula is C14H17NO4. The number of aliphatic carboxylic acids is 1. The molecule has 19 heavy (non-hydrogen) atoms. The summed E-state index contributed by atoms with van der Waals surface area (Å²) in [6.07, 6.45) is 1.85. The Morgan fingerprint density at radius 1 is 1.32 bits per heavy atom. The SMILES string of the molecule is Cc1cc(OC(C)C)ccc1NC(=O)/C=C/C(=O)O. The molecular weight excluding hydrogens is 246 g/mol. The molecule has 0 aromatic heterocycles. The van der Waals surface area contributed by atoms with Crippen molar-refractivity contribution in [3.05, 3.63) is 35.9 Å². The van der Waals surface area contributed by atoms with Gasteiger partial charge in [-0.25, -0.2) is 4.79 Å². The van der Waals surface area contributed by atoms with Crippen molar-refractivity contribution >= 4 is 17.6 Å². The van der Waals surface area contributed by atoms with Gasteiger partial charge in [0, 0.05) is 17.8 Å². The van der Waals surface area contributed by atoms with Crippen LogP contribution in [0.4, 0.5) is 5.69 Å². The summed E-state index contributed by atoms with van der Waals surface area (Å²) in [5.41, 5.74) is 1.46. The van der Waals surface area contributed by atoms with Gasteiger partial charge in [0.05, 0.1) is 6.10 Å². The molecule has 1 aromatic rings. The van der Waals surface area contributed by atoms with E-state index in [1.165, 1.54) is 0 Å². The molecule has 0 spiro atoms. The zero-order chi connectivity index (χ0) is 14.4. The minimum atomic E-state index is -1.16. The first-order valence-electron chi connectivity index (χ1n) is 5.88. The van der Waals surface area contributed by atoms with Crippen molar-refractivity contribution < 1.29 is 19.4 Å². The highest BCUT2D eigenvalue weighted by atomic mass is 16.5. The van der Waals surface area contributed by atoms with Gasteiger partial charge in [0.2, 0.25) is 5.91 Å². The number of rotatable bonds is 5. The van der Waals surface area contributed by atoms with E-state index >= 15 is 0 Å². The van der Waals surface area contributed by atoms with Crippen LogP contribution in [0.5, 0.6) is 5.75 Å². The highest BCUT2D eigenvalue weighted by molar-refractivity contribution is 6.02. The Morgan fingerprint density at radius 3 is 2.53 bits per heavy atom. The van der Waals surface area contributed by atoms with Gasteiger partial charge in [-0.1, -0.05) is 0 Å². The van der Waals surface area contributed by atoms with Crippen LogP contribution in [0.3, 0.4) is 0 Å². The van der Waals surface area contributed by atoms with E-state index in [0.29, 0.717) is 5.69 Å². The molecule has 1 amide bonds. The molecule has 0 aliphatic rings. The van der Waals surface area contributed by atoms with Gasteiger partial charge >= 0.3 is 5.97 Å². The lowest BCUT2D eigenvalue weighted by atomic mass is 10.2. The Morgan fingerprint density at radius 2 is 2.00 bits per heavy atom. The van der Waals surface area contributed by atoms with Crippen LogP contribution in [0.25, 0.3) is 0 Å². The smallest absolute Gasteiger partial charge is 0.328 e. The number of hydrogen-bond acceptors (Lipinski definition) is 3. The van der Waals surface area contributed by atoms with Gasteiger partial charge < -0.3 is 15.2 Å². The standard InChI is InChI=1S/C14H17NO4/c1-9(2)19-11-4-5-12(10(3)8-11)15-13(16)6-7-14(17)18/h4-9H,1-3H3,(H,15,16)(H,17,18)/b7-6+. The summed E-state index contributed by atoms with van der Waals surface area (Å²) >= 11 is 0. The van der Waals surface area contributed by atoms with Crippen LogP contribution >= 0.6 is 0 Å². The molecule has 0 saturated heterocycles. The van der Waals surface area contributed by atoms with Crippen LogP contribution in [0.2, 0.25) is 0 Å². The molecule has 0 unspecified atom stereocenters. The summed E-state index contributed by atoms with van der Waals surface area (Å²) in [5.74, 6) is -0.915. The quantitative estimate of drug-likeness (QED) is 0.800. The lowest BCUT2D eigenvalue weighted by Gasteiger charge is -2.12. The van der Waals surface area contributed by atoms with Crippen molar-refractivity contribution in [1.82, 2.24) is 0 Å². The molecule has 0 aliphatic heterocycles. The highest BCUT2D eigenvalue weighted by Crippen LogP contribution is 2.22. The molecule has 1 aromatic carbocycles. The molecule has 2 N–H and O–H groups in total. The van der Waals surface area contributed by atoms with Crippen LogP contribution in [0.15, 0.2) is 30.4 Å². The first-order chi connectivity index (χ1) is 8.88. The average molecular weight is 263 g/mol. The third-order valence-electron chi connectivity index (χ3n) is 2.20. The molecule has 0 atom stereocenters. The van der Waals surface area contributed by atoms with E-state index in [4.69, 9.17) is 9.84 Å². The summed E-state index contributed by atoms with van der Waals surface area (Å²) in [7, 11) is 0. The lowest BCUT2D eigenvalue weighted by Crippen LogP contribution is -2.10. The predicted octanol–water partition coefficient (Wildman–Crippen LogP) is 2.36. The first kappa shape index (κ1) is 14.8. The number of hydrogen-bond donors (Lipinski definition) is 2. The van der Waals surface area contributed by atoms with Crippen molar-refractivity contribution in [2.45, 2.75) is 26.9 Å². The molecule has 0 saturated carbocycles.